The van der Waals surface area contributed by atoms with Gasteiger partial charge < -0.3 is 5.32 Å². The summed E-state index contributed by atoms with van der Waals surface area (Å²) in [6, 6.07) is 9.25. The van der Waals surface area contributed by atoms with Crippen LogP contribution in [0, 0.1) is 6.92 Å². The lowest BCUT2D eigenvalue weighted by Gasteiger charge is -2.04. The molecule has 0 atom stereocenters. The van der Waals surface area contributed by atoms with Crippen LogP contribution in [0.15, 0.2) is 30.3 Å². The summed E-state index contributed by atoms with van der Waals surface area (Å²) in [5.74, 6) is -0.0450. The molecule has 18 heavy (non-hydrogen) atoms. The normalized spacial score (nSPS) is 10.3. The molecule has 0 unspecified atom stereocenters. The van der Waals surface area contributed by atoms with E-state index in [2.05, 4.69) is 15.5 Å². The second-order valence-electron chi connectivity index (χ2n) is 4.12. The van der Waals surface area contributed by atoms with Gasteiger partial charge in [0.25, 0.3) is 0 Å². The maximum absolute atomic E-state index is 11.7. The van der Waals surface area contributed by atoms with Crippen LogP contribution in [0.2, 0.25) is 5.02 Å². The van der Waals surface area contributed by atoms with Gasteiger partial charge in [0.1, 0.15) is 0 Å². The molecular weight excluding hydrogens is 250 g/mol. The van der Waals surface area contributed by atoms with E-state index in [9.17, 15) is 4.79 Å². The van der Waals surface area contributed by atoms with Gasteiger partial charge in [-0.1, -0.05) is 23.7 Å². The van der Waals surface area contributed by atoms with E-state index in [1.165, 1.54) is 0 Å². The zero-order valence-electron chi connectivity index (χ0n) is 10.0. The number of carbonyl (C=O) groups excluding carboxylic acids is 1. The topological polar surface area (TPSA) is 57.8 Å². The van der Waals surface area contributed by atoms with E-state index in [4.69, 9.17) is 11.6 Å². The second-order valence-corrected chi connectivity index (χ2v) is 4.56. The number of halogens is 1. The molecule has 0 saturated heterocycles. The number of nitrogens with one attached hydrogen (secondary N) is 2. The Morgan fingerprint density at radius 3 is 2.72 bits per heavy atom. The van der Waals surface area contributed by atoms with E-state index >= 15 is 0 Å². The minimum Gasteiger partial charge on any atom is -0.352 e. The van der Waals surface area contributed by atoms with E-state index < -0.39 is 0 Å². The summed E-state index contributed by atoms with van der Waals surface area (Å²) in [5, 5.41) is 10.4. The average Bonchev–Trinajstić information content (AvgIpc) is 2.74. The zero-order chi connectivity index (χ0) is 13.0. The van der Waals surface area contributed by atoms with E-state index in [1.54, 1.807) is 12.1 Å². The predicted molar refractivity (Wildman–Crippen MR) is 70.3 cm³/mol. The van der Waals surface area contributed by atoms with E-state index in [0.29, 0.717) is 11.6 Å². The van der Waals surface area contributed by atoms with Gasteiger partial charge in [-0.15, -0.1) is 0 Å². The summed E-state index contributed by atoms with van der Waals surface area (Å²) in [5.41, 5.74) is 2.72. The molecule has 1 heterocycles. The number of aryl methyl sites for hydroxylation is 1. The molecule has 0 aliphatic heterocycles. The van der Waals surface area contributed by atoms with Crippen LogP contribution >= 0.6 is 11.6 Å². The number of hydrogen-bond donors (Lipinski definition) is 2. The molecule has 0 aliphatic carbocycles. The SMILES string of the molecule is Cc1cc(CC(=O)NCc2ccc(Cl)cc2)n[nH]1. The van der Waals surface area contributed by atoms with Crippen LogP contribution < -0.4 is 5.32 Å². The van der Waals surface area contributed by atoms with Crippen molar-refractivity contribution < 1.29 is 4.79 Å². The van der Waals surface area contributed by atoms with Crippen LogP contribution in [0.5, 0.6) is 0 Å². The molecule has 2 aromatic rings. The number of carbonyl (C=O) groups is 1. The largest absolute Gasteiger partial charge is 0.352 e. The quantitative estimate of drug-likeness (QED) is 0.889. The van der Waals surface area contributed by atoms with Crippen molar-refractivity contribution in [2.45, 2.75) is 19.9 Å². The number of benzene rings is 1. The van der Waals surface area contributed by atoms with Crippen molar-refractivity contribution >= 4 is 17.5 Å². The Hall–Kier alpha value is -1.81. The van der Waals surface area contributed by atoms with Gasteiger partial charge in [-0.3, -0.25) is 9.89 Å². The van der Waals surface area contributed by atoms with Crippen LogP contribution in [0.3, 0.4) is 0 Å². The number of nitrogens with zero attached hydrogens (tertiary/aromatic N) is 1. The van der Waals surface area contributed by atoms with Crippen LogP contribution in [0.4, 0.5) is 0 Å². The summed E-state index contributed by atoms with van der Waals surface area (Å²) in [4.78, 5) is 11.7. The molecule has 0 bridgehead atoms. The number of aromatic nitrogens is 2. The standard InChI is InChI=1S/C13H14ClN3O/c1-9-6-12(17-16-9)7-13(18)15-8-10-2-4-11(14)5-3-10/h2-6H,7-8H2,1H3,(H,15,18)(H,16,17). The molecule has 0 aliphatic rings. The van der Waals surface area contributed by atoms with Crippen LogP contribution in [-0.4, -0.2) is 16.1 Å². The van der Waals surface area contributed by atoms with Crippen molar-refractivity contribution in [1.82, 2.24) is 15.5 Å². The van der Waals surface area contributed by atoms with Gasteiger partial charge in [0.2, 0.25) is 5.91 Å². The lowest BCUT2D eigenvalue weighted by atomic mass is 10.2. The molecule has 0 fully saturated rings. The Morgan fingerprint density at radius 1 is 1.39 bits per heavy atom. The third-order valence-electron chi connectivity index (χ3n) is 2.50. The first-order chi connectivity index (χ1) is 8.63. The second kappa shape index (κ2) is 5.69. The highest BCUT2D eigenvalue weighted by molar-refractivity contribution is 6.30. The average molecular weight is 264 g/mol. The molecule has 1 aromatic carbocycles. The first kappa shape index (κ1) is 12.6. The molecule has 2 rings (SSSR count). The van der Waals surface area contributed by atoms with E-state index in [0.717, 1.165) is 17.0 Å². The summed E-state index contributed by atoms with van der Waals surface area (Å²) in [6.45, 7) is 2.40. The van der Waals surface area contributed by atoms with Gasteiger partial charge in [0.05, 0.1) is 12.1 Å². The fourth-order valence-corrected chi connectivity index (χ4v) is 1.72. The fourth-order valence-electron chi connectivity index (χ4n) is 1.59. The van der Waals surface area contributed by atoms with Crippen molar-refractivity contribution in [2.24, 2.45) is 0 Å². The number of hydrogen-bond acceptors (Lipinski definition) is 2. The Bertz CT molecular complexity index is 533. The number of rotatable bonds is 4. The molecular formula is C13H14ClN3O. The molecule has 1 amide bonds. The van der Waals surface area contributed by atoms with Crippen molar-refractivity contribution in [3.63, 3.8) is 0 Å². The number of H-pyrrole nitrogens is 1. The maximum Gasteiger partial charge on any atom is 0.226 e. The molecule has 4 nitrogen and oxygen atoms in total. The third-order valence-corrected chi connectivity index (χ3v) is 2.76. The Morgan fingerprint density at radius 2 is 2.11 bits per heavy atom. The number of amides is 1. The molecule has 94 valence electrons. The van der Waals surface area contributed by atoms with Gasteiger partial charge in [0, 0.05) is 17.3 Å². The highest BCUT2D eigenvalue weighted by Crippen LogP contribution is 2.09. The Balaban J connectivity index is 1.83. The smallest absolute Gasteiger partial charge is 0.226 e. The van der Waals surface area contributed by atoms with Crippen molar-refractivity contribution in [2.75, 3.05) is 0 Å². The first-order valence-corrected chi connectivity index (χ1v) is 6.03. The minimum absolute atomic E-state index is 0.0450. The van der Waals surface area contributed by atoms with Crippen LogP contribution in [-0.2, 0) is 17.8 Å². The van der Waals surface area contributed by atoms with E-state index in [1.807, 2.05) is 25.1 Å². The van der Waals surface area contributed by atoms with Gasteiger partial charge in [0.15, 0.2) is 0 Å². The monoisotopic (exact) mass is 263 g/mol. The number of aromatic amines is 1. The zero-order valence-corrected chi connectivity index (χ0v) is 10.8. The molecule has 0 spiro atoms. The third kappa shape index (κ3) is 3.60. The summed E-state index contributed by atoms with van der Waals surface area (Å²) in [6.07, 6.45) is 0.290. The Kier molecular flexibility index (Phi) is 3.99. The highest BCUT2D eigenvalue weighted by atomic mass is 35.5. The van der Waals surface area contributed by atoms with Crippen molar-refractivity contribution in [3.8, 4) is 0 Å². The highest BCUT2D eigenvalue weighted by Gasteiger charge is 2.05. The molecule has 0 radical (unpaired) electrons. The summed E-state index contributed by atoms with van der Waals surface area (Å²) in [7, 11) is 0. The van der Waals surface area contributed by atoms with Crippen molar-refractivity contribution in [1.29, 1.82) is 0 Å². The molecule has 2 N–H and O–H groups in total. The van der Waals surface area contributed by atoms with Crippen LogP contribution in [0.1, 0.15) is 17.0 Å². The van der Waals surface area contributed by atoms with Gasteiger partial charge in [-0.2, -0.15) is 5.10 Å². The molecule has 1 aromatic heterocycles. The first-order valence-electron chi connectivity index (χ1n) is 5.65. The van der Waals surface area contributed by atoms with Crippen LogP contribution in [0.25, 0.3) is 0 Å². The summed E-state index contributed by atoms with van der Waals surface area (Å²) < 4.78 is 0. The molecule has 0 saturated carbocycles. The minimum atomic E-state index is -0.0450. The van der Waals surface area contributed by atoms with Gasteiger partial charge in [-0.05, 0) is 30.7 Å². The maximum atomic E-state index is 11.7. The van der Waals surface area contributed by atoms with Gasteiger partial charge >= 0.3 is 0 Å². The Labute approximate surface area is 110 Å². The molecule has 5 heteroatoms. The lowest BCUT2D eigenvalue weighted by Crippen LogP contribution is -2.24. The van der Waals surface area contributed by atoms with Gasteiger partial charge in [-0.25, -0.2) is 0 Å². The lowest BCUT2D eigenvalue weighted by molar-refractivity contribution is -0.120. The fraction of sp³-hybridized carbons (Fsp3) is 0.231. The van der Waals surface area contributed by atoms with Crippen molar-refractivity contribution in [3.05, 3.63) is 52.3 Å². The predicted octanol–water partition coefficient (Wildman–Crippen LogP) is 2.23. The van der Waals surface area contributed by atoms with E-state index in [-0.39, 0.29) is 12.3 Å². The summed E-state index contributed by atoms with van der Waals surface area (Å²) >= 11 is 5.78.